The predicted octanol–water partition coefficient (Wildman–Crippen LogP) is 2.79. The van der Waals surface area contributed by atoms with Crippen molar-refractivity contribution < 1.29 is 9.53 Å². The summed E-state index contributed by atoms with van der Waals surface area (Å²) in [6, 6.07) is 8.15. The number of rotatable bonds is 3. The Labute approximate surface area is 127 Å². The normalized spacial score (nSPS) is 17.7. The van der Waals surface area contributed by atoms with Crippen molar-refractivity contribution in [3.8, 4) is 0 Å². The van der Waals surface area contributed by atoms with Crippen molar-refractivity contribution in [1.29, 1.82) is 0 Å². The van der Waals surface area contributed by atoms with Crippen LogP contribution in [0.15, 0.2) is 24.3 Å². The van der Waals surface area contributed by atoms with Crippen LogP contribution in [0.4, 0.5) is 5.69 Å². The molecule has 1 aliphatic rings. The van der Waals surface area contributed by atoms with Gasteiger partial charge in [0.25, 0.3) is 0 Å². The van der Waals surface area contributed by atoms with E-state index in [0.717, 1.165) is 31.6 Å². The van der Waals surface area contributed by atoms with Crippen LogP contribution < -0.4 is 5.73 Å². The largest absolute Gasteiger partial charge is 0.459 e. The first-order valence-corrected chi connectivity index (χ1v) is 7.63. The van der Waals surface area contributed by atoms with E-state index in [-0.39, 0.29) is 5.97 Å². The molecule has 0 radical (unpaired) electrons. The van der Waals surface area contributed by atoms with Crippen LogP contribution in [0.5, 0.6) is 0 Å². The summed E-state index contributed by atoms with van der Waals surface area (Å²) in [5.41, 5.74) is 7.48. The summed E-state index contributed by atoms with van der Waals surface area (Å²) in [6.07, 6.45) is 2.15. The van der Waals surface area contributed by atoms with Gasteiger partial charge in [-0.25, -0.2) is 0 Å². The molecule has 0 bridgehead atoms. The number of carbonyl (C=O) groups excluding carboxylic acids is 1. The second-order valence-corrected chi connectivity index (χ2v) is 6.80. The number of hydrogen-bond acceptors (Lipinski definition) is 4. The Morgan fingerprint density at radius 3 is 2.33 bits per heavy atom. The van der Waals surface area contributed by atoms with Crippen molar-refractivity contribution in [1.82, 2.24) is 4.90 Å². The van der Waals surface area contributed by atoms with Crippen molar-refractivity contribution in [2.24, 2.45) is 0 Å². The molecule has 1 aliphatic heterocycles. The van der Waals surface area contributed by atoms with Gasteiger partial charge >= 0.3 is 5.97 Å². The molecule has 1 saturated heterocycles. The zero-order chi connectivity index (χ0) is 15.5. The maximum Gasteiger partial charge on any atom is 0.320 e. The highest BCUT2D eigenvalue weighted by molar-refractivity contribution is 5.72. The lowest BCUT2D eigenvalue weighted by molar-refractivity contribution is -0.156. The number of carbonyl (C=O) groups is 1. The highest BCUT2D eigenvalue weighted by Gasteiger charge is 2.24. The Morgan fingerprint density at radius 1 is 1.24 bits per heavy atom. The molecule has 2 N–H and O–H groups in total. The van der Waals surface area contributed by atoms with E-state index in [0.29, 0.717) is 12.5 Å². The molecular weight excluding hydrogens is 264 g/mol. The van der Waals surface area contributed by atoms with Gasteiger partial charge in [-0.2, -0.15) is 0 Å². The van der Waals surface area contributed by atoms with Gasteiger partial charge in [0.05, 0.1) is 6.54 Å². The van der Waals surface area contributed by atoms with Gasteiger partial charge in [-0.1, -0.05) is 12.1 Å². The summed E-state index contributed by atoms with van der Waals surface area (Å²) in [5, 5.41) is 0. The number of piperidine rings is 1. The number of nitrogens with two attached hydrogens (primary N) is 1. The summed E-state index contributed by atoms with van der Waals surface area (Å²) in [6.45, 7) is 7.98. The number of nitrogens with zero attached hydrogens (tertiary/aromatic N) is 1. The lowest BCUT2D eigenvalue weighted by atomic mass is 9.89. The molecule has 2 rings (SSSR count). The third-order valence-corrected chi connectivity index (χ3v) is 3.77. The van der Waals surface area contributed by atoms with Gasteiger partial charge in [-0.3, -0.25) is 9.69 Å². The fourth-order valence-corrected chi connectivity index (χ4v) is 2.75. The topological polar surface area (TPSA) is 55.6 Å². The first-order valence-electron chi connectivity index (χ1n) is 7.63. The summed E-state index contributed by atoms with van der Waals surface area (Å²) < 4.78 is 5.37. The van der Waals surface area contributed by atoms with Gasteiger partial charge in [0.2, 0.25) is 0 Å². The zero-order valence-corrected chi connectivity index (χ0v) is 13.3. The second kappa shape index (κ2) is 6.48. The van der Waals surface area contributed by atoms with Gasteiger partial charge in [0, 0.05) is 5.69 Å². The van der Waals surface area contributed by atoms with E-state index in [2.05, 4.69) is 17.0 Å². The number of anilines is 1. The van der Waals surface area contributed by atoms with Gasteiger partial charge in [0.15, 0.2) is 0 Å². The third-order valence-electron chi connectivity index (χ3n) is 3.77. The zero-order valence-electron chi connectivity index (χ0n) is 13.3. The molecule has 4 nitrogen and oxygen atoms in total. The Bertz CT molecular complexity index is 469. The minimum absolute atomic E-state index is 0.131. The molecule has 4 heteroatoms. The fourth-order valence-electron chi connectivity index (χ4n) is 2.75. The van der Waals surface area contributed by atoms with Crippen molar-refractivity contribution >= 4 is 11.7 Å². The molecule has 0 spiro atoms. The average molecular weight is 290 g/mol. The van der Waals surface area contributed by atoms with E-state index in [1.165, 1.54) is 5.56 Å². The first-order chi connectivity index (χ1) is 9.83. The molecule has 21 heavy (non-hydrogen) atoms. The Kier molecular flexibility index (Phi) is 4.88. The monoisotopic (exact) mass is 290 g/mol. The van der Waals surface area contributed by atoms with Crippen LogP contribution in [0.1, 0.15) is 45.1 Å². The number of hydrogen-bond donors (Lipinski definition) is 1. The Balaban J connectivity index is 1.80. The summed E-state index contributed by atoms with van der Waals surface area (Å²) in [7, 11) is 0. The molecule has 0 amide bonds. The standard InChI is InChI=1S/C17H26N2O2/c1-17(2,3)21-16(20)12-19-10-8-14(9-11-19)13-4-6-15(18)7-5-13/h4-7,14H,8-12,18H2,1-3H3. The molecule has 116 valence electrons. The van der Waals surface area contributed by atoms with E-state index in [4.69, 9.17) is 10.5 Å². The van der Waals surface area contributed by atoms with Crippen LogP contribution >= 0.6 is 0 Å². The van der Waals surface area contributed by atoms with Crippen LogP contribution in [0.25, 0.3) is 0 Å². The smallest absolute Gasteiger partial charge is 0.320 e. The van der Waals surface area contributed by atoms with Crippen molar-refractivity contribution in [2.75, 3.05) is 25.4 Å². The van der Waals surface area contributed by atoms with E-state index >= 15 is 0 Å². The number of likely N-dealkylation sites (tertiary alicyclic amines) is 1. The highest BCUT2D eigenvalue weighted by atomic mass is 16.6. The van der Waals surface area contributed by atoms with Crippen LogP contribution in [0.3, 0.4) is 0 Å². The number of nitrogen functional groups attached to an aromatic ring is 1. The van der Waals surface area contributed by atoms with E-state index < -0.39 is 5.60 Å². The van der Waals surface area contributed by atoms with Crippen molar-refractivity contribution in [2.45, 2.75) is 45.1 Å². The molecule has 1 aromatic rings. The maximum absolute atomic E-state index is 11.8. The molecule has 1 fully saturated rings. The van der Waals surface area contributed by atoms with Gasteiger partial charge in [-0.05, 0) is 70.3 Å². The minimum Gasteiger partial charge on any atom is -0.459 e. The van der Waals surface area contributed by atoms with Crippen molar-refractivity contribution in [3.05, 3.63) is 29.8 Å². The summed E-state index contributed by atoms with van der Waals surface area (Å²) in [4.78, 5) is 14.0. The molecule has 1 aromatic carbocycles. The fraction of sp³-hybridized carbons (Fsp3) is 0.588. The third kappa shape index (κ3) is 5.05. The van der Waals surface area contributed by atoms with Crippen LogP contribution in [-0.2, 0) is 9.53 Å². The number of esters is 1. The van der Waals surface area contributed by atoms with Gasteiger partial charge in [-0.15, -0.1) is 0 Å². The molecular formula is C17H26N2O2. The Hall–Kier alpha value is -1.55. The van der Waals surface area contributed by atoms with Crippen LogP contribution in [0.2, 0.25) is 0 Å². The van der Waals surface area contributed by atoms with Gasteiger partial charge in [0.1, 0.15) is 5.60 Å². The molecule has 0 unspecified atom stereocenters. The number of benzene rings is 1. The summed E-state index contributed by atoms with van der Waals surface area (Å²) >= 11 is 0. The highest BCUT2D eigenvalue weighted by Crippen LogP contribution is 2.28. The van der Waals surface area contributed by atoms with E-state index in [9.17, 15) is 4.79 Å². The molecule has 0 saturated carbocycles. The SMILES string of the molecule is CC(C)(C)OC(=O)CN1CCC(c2ccc(N)cc2)CC1. The van der Waals surface area contributed by atoms with Crippen LogP contribution in [0, 0.1) is 0 Å². The van der Waals surface area contributed by atoms with E-state index in [1.54, 1.807) is 0 Å². The van der Waals surface area contributed by atoms with Gasteiger partial charge < -0.3 is 10.5 Å². The lowest BCUT2D eigenvalue weighted by Crippen LogP contribution is -2.39. The van der Waals surface area contributed by atoms with Crippen LogP contribution in [-0.4, -0.2) is 36.1 Å². The minimum atomic E-state index is -0.403. The molecule has 0 aliphatic carbocycles. The average Bonchev–Trinajstić information content (AvgIpc) is 2.38. The first kappa shape index (κ1) is 15.8. The lowest BCUT2D eigenvalue weighted by Gasteiger charge is -2.32. The maximum atomic E-state index is 11.8. The predicted molar refractivity (Wildman–Crippen MR) is 85.1 cm³/mol. The Morgan fingerprint density at radius 2 is 1.81 bits per heavy atom. The molecule has 1 heterocycles. The number of ether oxygens (including phenoxy) is 1. The molecule has 0 atom stereocenters. The second-order valence-electron chi connectivity index (χ2n) is 6.80. The molecule has 0 aromatic heterocycles. The van der Waals surface area contributed by atoms with E-state index in [1.807, 2.05) is 32.9 Å². The van der Waals surface area contributed by atoms with Crippen molar-refractivity contribution in [3.63, 3.8) is 0 Å². The summed E-state index contributed by atoms with van der Waals surface area (Å²) in [5.74, 6) is 0.439. The quantitative estimate of drug-likeness (QED) is 0.687.